The number of carbonyl (C=O) groups excluding carboxylic acids is 1. The van der Waals surface area contributed by atoms with Crippen molar-refractivity contribution in [3.05, 3.63) is 89.9 Å². The maximum Gasteiger partial charge on any atom is 0.251 e. The van der Waals surface area contributed by atoms with Crippen molar-refractivity contribution in [2.45, 2.75) is 53.4 Å². The Hall–Kier alpha value is -3.57. The largest absolute Gasteiger partial charge is 0.381 e. The van der Waals surface area contributed by atoms with Crippen molar-refractivity contribution < 1.29 is 9.53 Å². The van der Waals surface area contributed by atoms with Crippen LogP contribution in [0.3, 0.4) is 0 Å². The first-order valence-electron chi connectivity index (χ1n) is 13.4. The Bertz CT molecular complexity index is 1260. The van der Waals surface area contributed by atoms with E-state index in [1.807, 2.05) is 30.5 Å². The van der Waals surface area contributed by atoms with Crippen molar-refractivity contribution in [1.29, 1.82) is 0 Å². The number of hydrogen-bond acceptors (Lipinski definition) is 3. The zero-order valence-electron chi connectivity index (χ0n) is 22.7. The summed E-state index contributed by atoms with van der Waals surface area (Å²) in [6, 6.07) is 14.3. The lowest BCUT2D eigenvalue weighted by atomic mass is 9.95. The van der Waals surface area contributed by atoms with E-state index in [1.165, 1.54) is 5.56 Å². The molecule has 196 valence electrons. The van der Waals surface area contributed by atoms with Gasteiger partial charge in [0.2, 0.25) is 0 Å². The number of rotatable bonds is 10. The van der Waals surface area contributed by atoms with E-state index >= 15 is 0 Å². The lowest BCUT2D eigenvalue weighted by molar-refractivity contribution is 0.0953. The van der Waals surface area contributed by atoms with Gasteiger partial charge in [-0.1, -0.05) is 63.6 Å². The van der Waals surface area contributed by atoms with Gasteiger partial charge >= 0.3 is 0 Å². The highest BCUT2D eigenvalue weighted by molar-refractivity contribution is 6.07. The van der Waals surface area contributed by atoms with Gasteiger partial charge in [0.1, 0.15) is 0 Å². The number of H-pyrrole nitrogens is 1. The van der Waals surface area contributed by atoms with Crippen LogP contribution in [-0.4, -0.2) is 30.6 Å². The molecule has 2 heterocycles. The highest BCUT2D eigenvalue weighted by Gasteiger charge is 2.20. The van der Waals surface area contributed by atoms with E-state index < -0.39 is 0 Å². The molecule has 4 rings (SSSR count). The number of aromatic amines is 1. The molecule has 2 aromatic carbocycles. The number of hydrogen-bond donors (Lipinski definition) is 3. The fraction of sp³-hybridized carbons (Fsp3) is 0.344. The van der Waals surface area contributed by atoms with Crippen LogP contribution in [0.4, 0.5) is 0 Å². The van der Waals surface area contributed by atoms with E-state index in [4.69, 9.17) is 4.74 Å². The van der Waals surface area contributed by atoms with Crippen molar-refractivity contribution in [2.75, 3.05) is 19.8 Å². The molecule has 0 spiro atoms. The highest BCUT2D eigenvalue weighted by atomic mass is 16.5. The number of dihydropyridines is 1. The Balaban J connectivity index is 0.000000479. The van der Waals surface area contributed by atoms with Gasteiger partial charge in [-0.25, -0.2) is 0 Å². The maximum atomic E-state index is 12.7. The zero-order valence-corrected chi connectivity index (χ0v) is 22.7. The normalized spacial score (nSPS) is 12.5. The predicted octanol–water partition coefficient (Wildman–Crippen LogP) is 7.51. The summed E-state index contributed by atoms with van der Waals surface area (Å²) in [7, 11) is 0. The van der Waals surface area contributed by atoms with Crippen LogP contribution in [0.25, 0.3) is 27.6 Å². The summed E-state index contributed by atoms with van der Waals surface area (Å²) < 4.78 is 5.13. The second kappa shape index (κ2) is 14.2. The van der Waals surface area contributed by atoms with Crippen LogP contribution in [0.2, 0.25) is 0 Å². The van der Waals surface area contributed by atoms with Crippen LogP contribution in [-0.2, 0) is 4.74 Å². The predicted molar refractivity (Wildman–Crippen MR) is 157 cm³/mol. The molecule has 1 aromatic heterocycles. The first-order valence-corrected chi connectivity index (χ1v) is 13.4. The average molecular weight is 500 g/mol. The summed E-state index contributed by atoms with van der Waals surface area (Å²) in [5.74, 6) is -0.0332. The fourth-order valence-electron chi connectivity index (χ4n) is 4.21. The molecule has 0 aliphatic carbocycles. The van der Waals surface area contributed by atoms with E-state index in [1.54, 1.807) is 0 Å². The number of aromatic nitrogens is 1. The number of nitrogens with one attached hydrogen (secondary N) is 3. The molecule has 1 aliphatic heterocycles. The number of allylic oxidation sites excluding steroid dienone is 3. The number of carbonyl (C=O) groups is 1. The fourth-order valence-corrected chi connectivity index (χ4v) is 4.21. The topological polar surface area (TPSA) is 66.2 Å². The van der Waals surface area contributed by atoms with Crippen molar-refractivity contribution in [1.82, 2.24) is 15.6 Å². The molecule has 0 bridgehead atoms. The molecular weight excluding hydrogens is 458 g/mol. The van der Waals surface area contributed by atoms with Crippen LogP contribution in [0.1, 0.15) is 68.1 Å². The van der Waals surface area contributed by atoms with Gasteiger partial charge in [0, 0.05) is 59.3 Å². The Morgan fingerprint density at radius 2 is 1.81 bits per heavy atom. The molecule has 0 radical (unpaired) electrons. The Kier molecular flexibility index (Phi) is 10.8. The van der Waals surface area contributed by atoms with Gasteiger partial charge < -0.3 is 20.4 Å². The van der Waals surface area contributed by atoms with Crippen LogP contribution in [0.15, 0.2) is 73.1 Å². The average Bonchev–Trinajstić information content (AvgIpc) is 3.28. The van der Waals surface area contributed by atoms with Gasteiger partial charge in [-0.15, -0.1) is 0 Å². The van der Waals surface area contributed by atoms with Crippen LogP contribution in [0, 0.1) is 6.92 Å². The van der Waals surface area contributed by atoms with Crippen molar-refractivity contribution in [2.24, 2.45) is 0 Å². The Labute approximate surface area is 221 Å². The summed E-state index contributed by atoms with van der Waals surface area (Å²) in [6.07, 6.45) is 10.2. The first-order chi connectivity index (χ1) is 18.0. The lowest BCUT2D eigenvalue weighted by Crippen LogP contribution is -2.24. The highest BCUT2D eigenvalue weighted by Crippen LogP contribution is 2.39. The van der Waals surface area contributed by atoms with Gasteiger partial charge in [-0.2, -0.15) is 0 Å². The SMILES string of the molecule is C=C1NC=CC=C1c1[nH]c2ccc(C(=O)NCCCC)cc2c1-c1cccc(C)c1.CCCOCCC. The molecule has 5 nitrogen and oxygen atoms in total. The second-order valence-electron chi connectivity index (χ2n) is 9.29. The minimum atomic E-state index is -0.0332. The minimum absolute atomic E-state index is 0.0332. The molecule has 37 heavy (non-hydrogen) atoms. The third-order valence-corrected chi connectivity index (χ3v) is 6.09. The third kappa shape index (κ3) is 7.46. The molecule has 5 heteroatoms. The van der Waals surface area contributed by atoms with Gasteiger partial charge in [0.05, 0.1) is 5.69 Å². The first kappa shape index (κ1) is 28.0. The van der Waals surface area contributed by atoms with E-state index in [0.717, 1.165) is 77.9 Å². The molecule has 1 amide bonds. The number of benzene rings is 2. The number of ether oxygens (including phenoxy) is 1. The summed E-state index contributed by atoms with van der Waals surface area (Å²) in [6.45, 7) is 15.2. The summed E-state index contributed by atoms with van der Waals surface area (Å²) >= 11 is 0. The van der Waals surface area contributed by atoms with Crippen molar-refractivity contribution in [3.8, 4) is 11.1 Å². The minimum Gasteiger partial charge on any atom is -0.381 e. The van der Waals surface area contributed by atoms with Crippen molar-refractivity contribution >= 4 is 22.4 Å². The number of aryl methyl sites for hydroxylation is 1. The molecule has 0 unspecified atom stereocenters. The molecule has 1 aliphatic rings. The van der Waals surface area contributed by atoms with E-state index in [9.17, 15) is 4.79 Å². The molecule has 0 saturated heterocycles. The second-order valence-corrected chi connectivity index (χ2v) is 9.29. The summed E-state index contributed by atoms with van der Waals surface area (Å²) in [4.78, 5) is 16.2. The molecule has 0 atom stereocenters. The van der Waals surface area contributed by atoms with Crippen molar-refractivity contribution in [3.63, 3.8) is 0 Å². The summed E-state index contributed by atoms with van der Waals surface area (Å²) in [5.41, 5.74) is 7.92. The summed E-state index contributed by atoms with van der Waals surface area (Å²) in [5, 5.41) is 7.24. The van der Waals surface area contributed by atoms with Gasteiger partial charge in [0.15, 0.2) is 0 Å². The lowest BCUT2D eigenvalue weighted by Gasteiger charge is -2.15. The van der Waals surface area contributed by atoms with E-state index in [-0.39, 0.29) is 5.91 Å². The third-order valence-electron chi connectivity index (χ3n) is 6.09. The number of fused-ring (bicyclic) bond motifs is 1. The quantitative estimate of drug-likeness (QED) is 0.253. The number of unbranched alkanes of at least 4 members (excludes halogenated alkanes) is 1. The zero-order chi connectivity index (χ0) is 26.6. The van der Waals surface area contributed by atoms with E-state index in [0.29, 0.717) is 12.1 Å². The molecule has 0 fully saturated rings. The molecular formula is C32H41N3O2. The smallest absolute Gasteiger partial charge is 0.251 e. The van der Waals surface area contributed by atoms with Crippen LogP contribution < -0.4 is 10.6 Å². The van der Waals surface area contributed by atoms with Gasteiger partial charge in [0.25, 0.3) is 5.91 Å². The molecule has 3 aromatic rings. The number of amides is 1. The van der Waals surface area contributed by atoms with Gasteiger partial charge in [-0.05, 0) is 62.1 Å². The van der Waals surface area contributed by atoms with Crippen LogP contribution in [0.5, 0.6) is 0 Å². The molecule has 3 N–H and O–H groups in total. The van der Waals surface area contributed by atoms with E-state index in [2.05, 4.69) is 80.2 Å². The Morgan fingerprint density at radius 3 is 2.49 bits per heavy atom. The molecule has 0 saturated carbocycles. The standard InChI is InChI=1S/C26H27N3O.C6H14O/c1-4-5-13-28-26(30)20-11-12-23-22(16-20)24(19-9-6-8-17(2)15-19)25(29-23)21-10-7-14-27-18(21)3;1-3-5-7-6-4-2/h6-12,14-16,27,29H,3-5,13H2,1-2H3,(H,28,30);3-6H2,1-2H3. The van der Waals surface area contributed by atoms with Crippen LogP contribution >= 0.6 is 0 Å². The van der Waals surface area contributed by atoms with Gasteiger partial charge in [-0.3, -0.25) is 4.79 Å². The maximum absolute atomic E-state index is 12.7. The Morgan fingerprint density at radius 1 is 1.03 bits per heavy atom. The monoisotopic (exact) mass is 499 g/mol.